The minimum absolute atomic E-state index is 0.174. The van der Waals surface area contributed by atoms with E-state index in [1.165, 1.54) is 18.3 Å². The predicted molar refractivity (Wildman–Crippen MR) is 74.1 cm³/mol. The van der Waals surface area contributed by atoms with Crippen molar-refractivity contribution in [3.8, 4) is 0 Å². The highest BCUT2D eigenvalue weighted by molar-refractivity contribution is 5.95. The molecule has 1 saturated heterocycles. The predicted octanol–water partition coefficient (Wildman–Crippen LogP) is 1.81. The summed E-state index contributed by atoms with van der Waals surface area (Å²) in [7, 11) is 0. The van der Waals surface area contributed by atoms with Gasteiger partial charge in [-0.25, -0.2) is 4.39 Å². The Morgan fingerprint density at radius 1 is 1.43 bits per heavy atom. The highest BCUT2D eigenvalue weighted by atomic mass is 19.1. The molecular weight excluding hydrogens is 273 g/mol. The van der Waals surface area contributed by atoms with Gasteiger partial charge in [-0.3, -0.25) is 9.89 Å². The molecule has 1 aliphatic heterocycles. The van der Waals surface area contributed by atoms with Gasteiger partial charge in [-0.2, -0.15) is 5.10 Å². The average molecular weight is 289 g/mol. The molecule has 0 aliphatic carbocycles. The van der Waals surface area contributed by atoms with Gasteiger partial charge < -0.3 is 10.0 Å². The largest absolute Gasteiger partial charge is 0.391 e. The van der Waals surface area contributed by atoms with Crippen molar-refractivity contribution in [2.24, 2.45) is 0 Å². The maximum atomic E-state index is 13.0. The van der Waals surface area contributed by atoms with Gasteiger partial charge in [0, 0.05) is 12.2 Å². The molecule has 2 atom stereocenters. The average Bonchev–Trinajstić information content (AvgIpc) is 3.05. The molecule has 0 unspecified atom stereocenters. The molecule has 2 N–H and O–H groups in total. The summed E-state index contributed by atoms with van der Waals surface area (Å²) in [6, 6.07) is 5.79. The van der Waals surface area contributed by atoms with E-state index in [4.69, 9.17) is 0 Å². The Labute approximate surface area is 121 Å². The van der Waals surface area contributed by atoms with Crippen molar-refractivity contribution in [2.45, 2.75) is 25.5 Å². The highest BCUT2D eigenvalue weighted by Crippen LogP contribution is 2.33. The third-order valence-electron chi connectivity index (χ3n) is 3.85. The van der Waals surface area contributed by atoms with Gasteiger partial charge in [0.05, 0.1) is 23.9 Å². The molecule has 1 aromatic heterocycles. The van der Waals surface area contributed by atoms with Crippen LogP contribution in [0.3, 0.4) is 0 Å². The number of likely N-dealkylation sites (tertiary alicyclic amines) is 1. The van der Waals surface area contributed by atoms with E-state index in [0.717, 1.165) is 5.56 Å². The van der Waals surface area contributed by atoms with Crippen LogP contribution in [0.5, 0.6) is 0 Å². The second kappa shape index (κ2) is 5.29. The number of H-pyrrole nitrogens is 1. The zero-order valence-electron chi connectivity index (χ0n) is 11.6. The lowest BCUT2D eigenvalue weighted by Crippen LogP contribution is -2.32. The number of aliphatic hydroxyl groups excluding tert-OH is 1. The number of hydrogen-bond donors (Lipinski definition) is 2. The number of benzene rings is 1. The fourth-order valence-electron chi connectivity index (χ4n) is 2.76. The monoisotopic (exact) mass is 289 g/mol. The van der Waals surface area contributed by atoms with Crippen molar-refractivity contribution in [3.05, 3.63) is 53.1 Å². The number of hydrogen-bond acceptors (Lipinski definition) is 3. The third-order valence-corrected chi connectivity index (χ3v) is 3.85. The first-order valence-electron chi connectivity index (χ1n) is 6.80. The number of aliphatic hydroxyl groups is 1. The van der Waals surface area contributed by atoms with Crippen molar-refractivity contribution in [1.82, 2.24) is 15.1 Å². The number of carbonyl (C=O) groups is 1. The quantitative estimate of drug-likeness (QED) is 0.886. The molecule has 2 heterocycles. The van der Waals surface area contributed by atoms with E-state index in [1.54, 1.807) is 24.0 Å². The van der Waals surface area contributed by atoms with Gasteiger partial charge in [-0.05, 0) is 31.0 Å². The summed E-state index contributed by atoms with van der Waals surface area (Å²) in [4.78, 5) is 14.2. The molecule has 110 valence electrons. The molecule has 0 radical (unpaired) electrons. The number of nitrogens with zero attached hydrogens (tertiary/aromatic N) is 2. The van der Waals surface area contributed by atoms with Gasteiger partial charge >= 0.3 is 0 Å². The Kier molecular flexibility index (Phi) is 3.47. The van der Waals surface area contributed by atoms with Gasteiger partial charge in [0.1, 0.15) is 5.82 Å². The summed E-state index contributed by atoms with van der Waals surface area (Å²) in [6.07, 6.45) is 1.37. The topological polar surface area (TPSA) is 69.2 Å². The first-order chi connectivity index (χ1) is 10.1. The number of nitrogens with one attached hydrogen (secondary N) is 1. The van der Waals surface area contributed by atoms with Crippen LogP contribution >= 0.6 is 0 Å². The second-order valence-corrected chi connectivity index (χ2v) is 5.32. The maximum Gasteiger partial charge on any atom is 0.257 e. The molecule has 21 heavy (non-hydrogen) atoms. The SMILES string of the molecule is Cc1[nH]ncc1C(=O)N1C[C@H](O)C[C@@H]1c1ccc(F)cc1. The van der Waals surface area contributed by atoms with E-state index >= 15 is 0 Å². The molecule has 5 nitrogen and oxygen atoms in total. The fourth-order valence-corrected chi connectivity index (χ4v) is 2.76. The summed E-state index contributed by atoms with van der Waals surface area (Å²) in [5.41, 5.74) is 2.01. The summed E-state index contributed by atoms with van der Waals surface area (Å²) in [5, 5.41) is 16.5. The van der Waals surface area contributed by atoms with Crippen molar-refractivity contribution in [3.63, 3.8) is 0 Å². The van der Waals surface area contributed by atoms with Crippen LogP contribution in [0.25, 0.3) is 0 Å². The molecule has 0 spiro atoms. The normalized spacial score (nSPS) is 21.8. The molecule has 0 bridgehead atoms. The molecule has 2 aromatic rings. The van der Waals surface area contributed by atoms with E-state index < -0.39 is 6.10 Å². The van der Waals surface area contributed by atoms with E-state index in [-0.39, 0.29) is 24.3 Å². The minimum Gasteiger partial charge on any atom is -0.391 e. The first-order valence-corrected chi connectivity index (χ1v) is 6.80. The lowest BCUT2D eigenvalue weighted by molar-refractivity contribution is 0.0715. The number of aryl methyl sites for hydroxylation is 1. The molecule has 1 amide bonds. The van der Waals surface area contributed by atoms with E-state index in [1.807, 2.05) is 0 Å². The molecule has 3 rings (SSSR count). The van der Waals surface area contributed by atoms with Crippen molar-refractivity contribution in [1.29, 1.82) is 0 Å². The van der Waals surface area contributed by atoms with Crippen molar-refractivity contribution >= 4 is 5.91 Å². The number of aromatic nitrogens is 2. The summed E-state index contributed by atoms with van der Waals surface area (Å²) >= 11 is 0. The van der Waals surface area contributed by atoms with Gasteiger partial charge in [-0.1, -0.05) is 12.1 Å². The zero-order chi connectivity index (χ0) is 15.0. The zero-order valence-corrected chi connectivity index (χ0v) is 11.6. The summed E-state index contributed by atoms with van der Waals surface area (Å²) in [6.45, 7) is 2.05. The standard InChI is InChI=1S/C15H16FN3O2/c1-9-13(7-17-18-9)15(21)19-8-12(20)6-14(19)10-2-4-11(16)5-3-10/h2-5,7,12,14,20H,6,8H2,1H3,(H,17,18)/t12-,14-/m1/s1. The summed E-state index contributed by atoms with van der Waals surface area (Å²) in [5.74, 6) is -0.493. The number of β-amino-alcohol motifs (C(OH)–C–C–N with tert-alkyl or cyclic N) is 1. The molecule has 1 aromatic carbocycles. The third kappa shape index (κ3) is 2.54. The van der Waals surface area contributed by atoms with Crippen LogP contribution in [0, 0.1) is 12.7 Å². The minimum atomic E-state index is -0.573. The Morgan fingerprint density at radius 2 is 2.14 bits per heavy atom. The number of aromatic amines is 1. The lowest BCUT2D eigenvalue weighted by atomic mass is 10.0. The van der Waals surface area contributed by atoms with Gasteiger partial charge in [0.25, 0.3) is 5.91 Å². The van der Waals surface area contributed by atoms with Crippen molar-refractivity contribution in [2.75, 3.05) is 6.54 Å². The number of carbonyl (C=O) groups excluding carboxylic acids is 1. The van der Waals surface area contributed by atoms with Crippen LogP contribution in [0.15, 0.2) is 30.5 Å². The van der Waals surface area contributed by atoms with Crippen LogP contribution in [0.4, 0.5) is 4.39 Å². The van der Waals surface area contributed by atoms with Crippen molar-refractivity contribution < 1.29 is 14.3 Å². The summed E-state index contributed by atoms with van der Waals surface area (Å²) < 4.78 is 13.0. The Morgan fingerprint density at radius 3 is 2.76 bits per heavy atom. The van der Waals surface area contributed by atoms with Gasteiger partial charge in [-0.15, -0.1) is 0 Å². The smallest absolute Gasteiger partial charge is 0.257 e. The molecular formula is C15H16FN3O2. The van der Waals surface area contributed by atoms with E-state index in [0.29, 0.717) is 17.7 Å². The van der Waals surface area contributed by atoms with E-state index in [9.17, 15) is 14.3 Å². The molecule has 1 aliphatic rings. The van der Waals surface area contributed by atoms with Crippen LogP contribution in [0.1, 0.15) is 34.1 Å². The number of rotatable bonds is 2. The lowest BCUT2D eigenvalue weighted by Gasteiger charge is -2.24. The first kappa shape index (κ1) is 13.8. The Bertz CT molecular complexity index is 653. The van der Waals surface area contributed by atoms with Crippen LogP contribution in [0.2, 0.25) is 0 Å². The number of amides is 1. The Balaban J connectivity index is 1.91. The fraction of sp³-hybridized carbons (Fsp3) is 0.333. The van der Waals surface area contributed by atoms with E-state index in [2.05, 4.69) is 10.2 Å². The van der Waals surface area contributed by atoms with Gasteiger partial charge in [0.2, 0.25) is 0 Å². The highest BCUT2D eigenvalue weighted by Gasteiger charge is 2.36. The van der Waals surface area contributed by atoms with Crippen LogP contribution < -0.4 is 0 Å². The Hall–Kier alpha value is -2.21. The second-order valence-electron chi connectivity index (χ2n) is 5.32. The maximum absolute atomic E-state index is 13.0. The van der Waals surface area contributed by atoms with Gasteiger partial charge in [0.15, 0.2) is 0 Å². The molecule has 1 fully saturated rings. The van der Waals surface area contributed by atoms with Crippen LogP contribution in [-0.2, 0) is 0 Å². The molecule has 6 heteroatoms. The molecule has 0 saturated carbocycles. The van der Waals surface area contributed by atoms with Crippen LogP contribution in [-0.4, -0.2) is 38.8 Å². The number of halogens is 1.